The molecule has 1 heterocycles. The lowest BCUT2D eigenvalue weighted by Gasteiger charge is -2.14. The van der Waals surface area contributed by atoms with Crippen molar-refractivity contribution in [3.05, 3.63) is 84.1 Å². The Morgan fingerprint density at radius 1 is 1.04 bits per heavy atom. The van der Waals surface area contributed by atoms with E-state index in [-0.39, 0.29) is 11.9 Å². The quantitative estimate of drug-likeness (QED) is 0.533. The minimum atomic E-state index is -0.192. The van der Waals surface area contributed by atoms with Gasteiger partial charge in [0.05, 0.1) is 18.8 Å². The van der Waals surface area contributed by atoms with Crippen molar-refractivity contribution in [2.75, 3.05) is 7.11 Å². The molecular formula is C23H21N3O2. The maximum absolute atomic E-state index is 12.7. The lowest BCUT2D eigenvalue weighted by molar-refractivity contribution is 0.0935. The van der Waals surface area contributed by atoms with Crippen LogP contribution in [0.4, 0.5) is 0 Å². The number of methoxy groups -OCH3 is 1. The number of benzene rings is 3. The predicted octanol–water partition coefficient (Wildman–Crippen LogP) is 4.73. The van der Waals surface area contributed by atoms with Crippen molar-refractivity contribution in [2.45, 2.75) is 13.0 Å². The number of amides is 1. The Kier molecular flexibility index (Phi) is 4.81. The zero-order chi connectivity index (χ0) is 19.5. The van der Waals surface area contributed by atoms with Crippen LogP contribution in [0.5, 0.6) is 5.75 Å². The third-order valence-corrected chi connectivity index (χ3v) is 4.85. The van der Waals surface area contributed by atoms with Gasteiger partial charge in [0.2, 0.25) is 0 Å². The van der Waals surface area contributed by atoms with Crippen molar-refractivity contribution in [1.29, 1.82) is 0 Å². The molecule has 5 nitrogen and oxygen atoms in total. The molecule has 0 aliphatic heterocycles. The average Bonchev–Trinajstić information content (AvgIpc) is 3.23. The van der Waals surface area contributed by atoms with E-state index in [0.717, 1.165) is 33.3 Å². The number of carbonyl (C=O) groups excluding carboxylic acids is 1. The Morgan fingerprint density at radius 3 is 2.57 bits per heavy atom. The summed E-state index contributed by atoms with van der Waals surface area (Å²) in [6.45, 7) is 1.95. The second-order valence-electron chi connectivity index (χ2n) is 6.66. The van der Waals surface area contributed by atoms with Crippen LogP contribution in [0, 0.1) is 0 Å². The second-order valence-corrected chi connectivity index (χ2v) is 6.66. The van der Waals surface area contributed by atoms with Crippen LogP contribution >= 0.6 is 0 Å². The number of nitrogens with one attached hydrogen (secondary N) is 2. The summed E-state index contributed by atoms with van der Waals surface area (Å²) in [7, 11) is 1.63. The Labute approximate surface area is 163 Å². The number of ether oxygens (including phenoxy) is 1. The molecule has 4 rings (SSSR count). The van der Waals surface area contributed by atoms with Crippen LogP contribution in [0.3, 0.4) is 0 Å². The van der Waals surface area contributed by atoms with Gasteiger partial charge in [-0.2, -0.15) is 5.10 Å². The molecule has 0 saturated carbocycles. The van der Waals surface area contributed by atoms with E-state index in [4.69, 9.17) is 4.74 Å². The van der Waals surface area contributed by atoms with Gasteiger partial charge >= 0.3 is 0 Å². The van der Waals surface area contributed by atoms with Crippen molar-refractivity contribution in [3.8, 4) is 17.0 Å². The lowest BCUT2D eigenvalue weighted by Crippen LogP contribution is -2.26. The zero-order valence-corrected chi connectivity index (χ0v) is 15.8. The summed E-state index contributed by atoms with van der Waals surface area (Å²) in [6, 6.07) is 23.5. The number of aromatic amines is 1. The summed E-state index contributed by atoms with van der Waals surface area (Å²) in [4.78, 5) is 12.7. The van der Waals surface area contributed by atoms with Crippen LogP contribution in [0.2, 0.25) is 0 Å². The van der Waals surface area contributed by atoms with Crippen LogP contribution in [-0.4, -0.2) is 23.2 Å². The van der Waals surface area contributed by atoms with E-state index in [1.54, 1.807) is 13.2 Å². The molecule has 0 unspecified atom stereocenters. The molecule has 2 N–H and O–H groups in total. The van der Waals surface area contributed by atoms with Gasteiger partial charge < -0.3 is 10.1 Å². The van der Waals surface area contributed by atoms with Crippen LogP contribution in [0.1, 0.15) is 29.0 Å². The average molecular weight is 371 g/mol. The monoisotopic (exact) mass is 371 g/mol. The fraction of sp³-hybridized carbons (Fsp3) is 0.130. The summed E-state index contributed by atoms with van der Waals surface area (Å²) in [6.07, 6.45) is 0. The molecule has 1 atom stereocenters. The molecule has 0 fully saturated rings. The smallest absolute Gasteiger partial charge is 0.269 e. The van der Waals surface area contributed by atoms with Crippen LogP contribution in [-0.2, 0) is 0 Å². The normalized spacial score (nSPS) is 11.9. The van der Waals surface area contributed by atoms with Crippen molar-refractivity contribution >= 4 is 16.7 Å². The zero-order valence-electron chi connectivity index (χ0n) is 15.8. The largest absolute Gasteiger partial charge is 0.497 e. The van der Waals surface area contributed by atoms with Gasteiger partial charge in [0.15, 0.2) is 0 Å². The molecule has 4 aromatic rings. The highest BCUT2D eigenvalue weighted by Crippen LogP contribution is 2.27. The van der Waals surface area contributed by atoms with E-state index in [0.29, 0.717) is 5.69 Å². The van der Waals surface area contributed by atoms with Crippen LogP contribution < -0.4 is 10.1 Å². The lowest BCUT2D eigenvalue weighted by atomic mass is 10.0. The highest BCUT2D eigenvalue weighted by Gasteiger charge is 2.15. The van der Waals surface area contributed by atoms with Gasteiger partial charge in [-0.05, 0) is 41.5 Å². The molecule has 0 bridgehead atoms. The van der Waals surface area contributed by atoms with Crippen molar-refractivity contribution < 1.29 is 9.53 Å². The summed E-state index contributed by atoms with van der Waals surface area (Å²) in [5.74, 6) is 0.595. The van der Waals surface area contributed by atoms with E-state index < -0.39 is 0 Å². The maximum atomic E-state index is 12.7. The molecular weight excluding hydrogens is 350 g/mol. The first-order valence-electron chi connectivity index (χ1n) is 9.14. The molecule has 0 aliphatic rings. The first kappa shape index (κ1) is 17.8. The molecule has 5 heteroatoms. The predicted molar refractivity (Wildman–Crippen MR) is 110 cm³/mol. The molecule has 3 aromatic carbocycles. The molecule has 1 aromatic heterocycles. The minimum Gasteiger partial charge on any atom is -0.497 e. The molecule has 0 aliphatic carbocycles. The van der Waals surface area contributed by atoms with E-state index in [1.165, 1.54) is 0 Å². The number of nitrogens with zero attached hydrogens (tertiary/aromatic N) is 1. The van der Waals surface area contributed by atoms with Gasteiger partial charge in [-0.3, -0.25) is 9.89 Å². The van der Waals surface area contributed by atoms with Gasteiger partial charge in [-0.1, -0.05) is 54.6 Å². The number of carbonyl (C=O) groups is 1. The maximum Gasteiger partial charge on any atom is 0.269 e. The Hall–Kier alpha value is -3.60. The molecule has 140 valence electrons. The van der Waals surface area contributed by atoms with E-state index in [9.17, 15) is 4.79 Å². The SMILES string of the molecule is COc1ccc([C@@H](C)NC(=O)c2cc(-c3cccc4ccccc34)n[nH]2)cc1. The summed E-state index contributed by atoms with van der Waals surface area (Å²) >= 11 is 0. The number of rotatable bonds is 5. The van der Waals surface area contributed by atoms with E-state index in [2.05, 4.69) is 33.7 Å². The minimum absolute atomic E-state index is 0.136. The van der Waals surface area contributed by atoms with E-state index >= 15 is 0 Å². The molecule has 0 saturated heterocycles. The number of hydrogen-bond donors (Lipinski definition) is 2. The van der Waals surface area contributed by atoms with Crippen LogP contribution in [0.25, 0.3) is 22.0 Å². The summed E-state index contributed by atoms with van der Waals surface area (Å²) in [5, 5.41) is 12.5. The first-order chi connectivity index (χ1) is 13.7. The topological polar surface area (TPSA) is 67.0 Å². The van der Waals surface area contributed by atoms with Gasteiger partial charge in [-0.15, -0.1) is 0 Å². The molecule has 0 spiro atoms. The molecule has 28 heavy (non-hydrogen) atoms. The van der Waals surface area contributed by atoms with Gasteiger partial charge in [0, 0.05) is 5.56 Å². The number of hydrogen-bond acceptors (Lipinski definition) is 3. The third-order valence-electron chi connectivity index (χ3n) is 4.85. The fourth-order valence-corrected chi connectivity index (χ4v) is 3.28. The number of aromatic nitrogens is 2. The van der Waals surface area contributed by atoms with Gasteiger partial charge in [-0.25, -0.2) is 0 Å². The highest BCUT2D eigenvalue weighted by molar-refractivity contribution is 5.98. The summed E-state index contributed by atoms with van der Waals surface area (Å²) in [5.41, 5.74) is 3.18. The first-order valence-corrected chi connectivity index (χ1v) is 9.14. The summed E-state index contributed by atoms with van der Waals surface area (Å²) < 4.78 is 5.17. The fourth-order valence-electron chi connectivity index (χ4n) is 3.28. The number of H-pyrrole nitrogens is 1. The van der Waals surface area contributed by atoms with Crippen molar-refractivity contribution in [2.24, 2.45) is 0 Å². The third kappa shape index (κ3) is 3.47. The van der Waals surface area contributed by atoms with Gasteiger partial charge in [0.25, 0.3) is 5.91 Å². The highest BCUT2D eigenvalue weighted by atomic mass is 16.5. The molecule has 1 amide bonds. The number of fused-ring (bicyclic) bond motifs is 1. The Balaban J connectivity index is 1.54. The standard InChI is InChI=1S/C23H21N3O2/c1-15(16-10-12-18(28-2)13-11-16)24-23(27)22-14-21(25-26-22)20-9-5-7-17-6-3-4-8-19(17)20/h3-15H,1-2H3,(H,24,27)(H,25,26)/t15-/m1/s1. The Morgan fingerprint density at radius 2 is 1.79 bits per heavy atom. The second kappa shape index (κ2) is 7.56. The Bertz CT molecular complexity index is 1110. The van der Waals surface area contributed by atoms with Crippen molar-refractivity contribution in [3.63, 3.8) is 0 Å². The van der Waals surface area contributed by atoms with Crippen LogP contribution in [0.15, 0.2) is 72.8 Å². The van der Waals surface area contributed by atoms with Gasteiger partial charge in [0.1, 0.15) is 11.4 Å². The molecule has 0 radical (unpaired) electrons. The van der Waals surface area contributed by atoms with Crippen molar-refractivity contribution in [1.82, 2.24) is 15.5 Å². The van der Waals surface area contributed by atoms with E-state index in [1.807, 2.05) is 55.5 Å².